The zero-order chi connectivity index (χ0) is 15.6. The molecule has 6 heteroatoms. The zero-order valence-corrected chi connectivity index (χ0v) is 14.5. The standard InChI is InChI=1S/C15H13Br2FO3/c1-20-12-6-4-9(15(21-2)13(12)17)14(19)8-3-5-10(16)11(18)7-8/h3-7,14,19H,1-2H3. The van der Waals surface area contributed by atoms with Crippen LogP contribution in [-0.4, -0.2) is 19.3 Å². The van der Waals surface area contributed by atoms with E-state index in [4.69, 9.17) is 9.47 Å². The van der Waals surface area contributed by atoms with Gasteiger partial charge in [-0.2, -0.15) is 0 Å². The van der Waals surface area contributed by atoms with Crippen LogP contribution in [0.3, 0.4) is 0 Å². The molecule has 1 unspecified atom stereocenters. The van der Waals surface area contributed by atoms with Crippen molar-refractivity contribution in [1.29, 1.82) is 0 Å². The largest absolute Gasteiger partial charge is 0.495 e. The number of benzene rings is 2. The molecule has 0 spiro atoms. The zero-order valence-electron chi connectivity index (χ0n) is 11.4. The summed E-state index contributed by atoms with van der Waals surface area (Å²) in [5.74, 6) is 0.605. The Hall–Kier alpha value is -1.11. The van der Waals surface area contributed by atoms with Gasteiger partial charge in [0.05, 0.1) is 18.7 Å². The fourth-order valence-corrected chi connectivity index (χ4v) is 2.93. The summed E-state index contributed by atoms with van der Waals surface area (Å²) in [6.45, 7) is 0. The van der Waals surface area contributed by atoms with Crippen LogP contribution >= 0.6 is 31.9 Å². The third-order valence-corrected chi connectivity index (χ3v) is 4.46. The second-order valence-corrected chi connectivity index (χ2v) is 5.93. The number of hydrogen-bond acceptors (Lipinski definition) is 3. The minimum Gasteiger partial charge on any atom is -0.495 e. The Kier molecular flexibility index (Phi) is 5.24. The van der Waals surface area contributed by atoms with Gasteiger partial charge >= 0.3 is 0 Å². The van der Waals surface area contributed by atoms with Gasteiger partial charge in [-0.3, -0.25) is 0 Å². The molecule has 21 heavy (non-hydrogen) atoms. The third kappa shape index (κ3) is 3.22. The molecule has 0 bridgehead atoms. The second-order valence-electron chi connectivity index (χ2n) is 4.28. The molecule has 0 fully saturated rings. The number of methoxy groups -OCH3 is 2. The fourth-order valence-electron chi connectivity index (χ4n) is 2.00. The Morgan fingerprint density at radius 1 is 1.10 bits per heavy atom. The maximum absolute atomic E-state index is 13.6. The van der Waals surface area contributed by atoms with Crippen LogP contribution in [0.25, 0.3) is 0 Å². The lowest BCUT2D eigenvalue weighted by molar-refractivity contribution is 0.213. The van der Waals surface area contributed by atoms with Crippen molar-refractivity contribution in [2.45, 2.75) is 6.10 Å². The first-order valence-electron chi connectivity index (χ1n) is 6.03. The Bertz CT molecular complexity index is 662. The predicted octanol–water partition coefficient (Wildman–Crippen LogP) is 4.45. The lowest BCUT2D eigenvalue weighted by atomic mass is 10.0. The molecule has 0 amide bonds. The monoisotopic (exact) mass is 418 g/mol. The van der Waals surface area contributed by atoms with Gasteiger partial charge in [0, 0.05) is 5.56 Å². The first-order valence-corrected chi connectivity index (χ1v) is 7.61. The van der Waals surface area contributed by atoms with Gasteiger partial charge in [0.2, 0.25) is 0 Å². The van der Waals surface area contributed by atoms with E-state index in [1.165, 1.54) is 13.2 Å². The molecule has 0 heterocycles. The molecule has 1 atom stereocenters. The minimum atomic E-state index is -1.01. The van der Waals surface area contributed by atoms with Crippen LogP contribution in [0.4, 0.5) is 4.39 Å². The molecule has 0 aliphatic rings. The van der Waals surface area contributed by atoms with Gasteiger partial charge in [0.15, 0.2) is 0 Å². The SMILES string of the molecule is COc1ccc(C(O)c2ccc(Br)c(F)c2)c(OC)c1Br. The Labute approximate surface area is 139 Å². The number of aliphatic hydroxyl groups is 1. The highest BCUT2D eigenvalue weighted by molar-refractivity contribution is 9.11. The van der Waals surface area contributed by atoms with Gasteiger partial charge in [-0.15, -0.1) is 0 Å². The number of hydrogen-bond donors (Lipinski definition) is 1. The van der Waals surface area contributed by atoms with Gasteiger partial charge in [-0.05, 0) is 61.7 Å². The van der Waals surface area contributed by atoms with Gasteiger partial charge in [0.25, 0.3) is 0 Å². The smallest absolute Gasteiger partial charge is 0.142 e. The summed E-state index contributed by atoms with van der Waals surface area (Å²) in [5, 5.41) is 10.5. The number of ether oxygens (including phenoxy) is 2. The first-order chi connectivity index (χ1) is 9.99. The third-order valence-electron chi connectivity index (χ3n) is 3.07. The molecule has 2 aromatic rings. The number of halogens is 3. The molecule has 0 saturated heterocycles. The van der Waals surface area contributed by atoms with Crippen LogP contribution in [0.15, 0.2) is 39.3 Å². The van der Waals surface area contributed by atoms with Gasteiger partial charge in [-0.1, -0.05) is 6.07 Å². The summed E-state index contributed by atoms with van der Waals surface area (Å²) in [6.07, 6.45) is -1.01. The van der Waals surface area contributed by atoms with E-state index in [-0.39, 0.29) is 0 Å². The molecule has 3 nitrogen and oxygen atoms in total. The van der Waals surface area contributed by atoms with Crippen molar-refractivity contribution in [3.05, 3.63) is 56.2 Å². The highest BCUT2D eigenvalue weighted by Gasteiger charge is 2.20. The topological polar surface area (TPSA) is 38.7 Å². The predicted molar refractivity (Wildman–Crippen MR) is 85.4 cm³/mol. The molecule has 2 aromatic carbocycles. The molecule has 2 rings (SSSR count). The average molecular weight is 420 g/mol. The quantitative estimate of drug-likeness (QED) is 0.795. The number of aliphatic hydroxyl groups excluding tert-OH is 1. The Morgan fingerprint density at radius 2 is 1.81 bits per heavy atom. The molecule has 0 radical (unpaired) electrons. The van der Waals surface area contributed by atoms with Crippen LogP contribution in [0.2, 0.25) is 0 Å². The van der Waals surface area contributed by atoms with E-state index in [2.05, 4.69) is 31.9 Å². The minimum absolute atomic E-state index is 0.348. The summed E-state index contributed by atoms with van der Waals surface area (Å²) in [4.78, 5) is 0. The fraction of sp³-hybridized carbons (Fsp3) is 0.200. The van der Waals surface area contributed by atoms with Gasteiger partial charge in [-0.25, -0.2) is 4.39 Å². The lowest BCUT2D eigenvalue weighted by Crippen LogP contribution is -2.04. The Morgan fingerprint density at radius 3 is 2.38 bits per heavy atom. The molecular weight excluding hydrogens is 407 g/mol. The van der Waals surface area contributed by atoms with E-state index in [0.717, 1.165) is 0 Å². The van der Waals surface area contributed by atoms with E-state index < -0.39 is 11.9 Å². The van der Waals surface area contributed by atoms with E-state index in [1.807, 2.05) is 0 Å². The average Bonchev–Trinajstić information content (AvgIpc) is 2.49. The van der Waals surface area contributed by atoms with Crippen molar-refractivity contribution >= 4 is 31.9 Å². The van der Waals surface area contributed by atoms with Crippen molar-refractivity contribution in [2.24, 2.45) is 0 Å². The molecule has 112 valence electrons. The van der Waals surface area contributed by atoms with E-state index in [1.54, 1.807) is 31.4 Å². The highest BCUT2D eigenvalue weighted by atomic mass is 79.9. The number of rotatable bonds is 4. The van der Waals surface area contributed by atoms with E-state index in [0.29, 0.717) is 31.6 Å². The Balaban J connectivity index is 2.50. The van der Waals surface area contributed by atoms with Crippen LogP contribution in [0.1, 0.15) is 17.2 Å². The van der Waals surface area contributed by atoms with Crippen molar-refractivity contribution in [3.8, 4) is 11.5 Å². The maximum Gasteiger partial charge on any atom is 0.142 e. The molecule has 1 N–H and O–H groups in total. The summed E-state index contributed by atoms with van der Waals surface area (Å²) < 4.78 is 25.1. The summed E-state index contributed by atoms with van der Waals surface area (Å²) >= 11 is 6.46. The maximum atomic E-state index is 13.6. The first kappa shape index (κ1) is 16.3. The highest BCUT2D eigenvalue weighted by Crippen LogP contribution is 2.41. The summed E-state index contributed by atoms with van der Waals surface area (Å²) in [5.41, 5.74) is 0.956. The second kappa shape index (κ2) is 6.77. The molecule has 0 aliphatic heterocycles. The molecule has 0 aromatic heterocycles. The normalized spacial score (nSPS) is 12.1. The van der Waals surface area contributed by atoms with E-state index >= 15 is 0 Å². The van der Waals surface area contributed by atoms with Crippen LogP contribution in [0, 0.1) is 5.82 Å². The van der Waals surface area contributed by atoms with Crippen molar-refractivity contribution in [3.63, 3.8) is 0 Å². The van der Waals surface area contributed by atoms with Crippen molar-refractivity contribution < 1.29 is 19.0 Å². The summed E-state index contributed by atoms with van der Waals surface area (Å²) in [6, 6.07) is 7.88. The van der Waals surface area contributed by atoms with Crippen LogP contribution in [-0.2, 0) is 0 Å². The molecule has 0 saturated carbocycles. The van der Waals surface area contributed by atoms with Gasteiger partial charge < -0.3 is 14.6 Å². The molecule has 0 aliphatic carbocycles. The lowest BCUT2D eigenvalue weighted by Gasteiger charge is -2.18. The molecular formula is C15H13Br2FO3. The van der Waals surface area contributed by atoms with E-state index in [9.17, 15) is 9.50 Å². The van der Waals surface area contributed by atoms with Gasteiger partial charge in [0.1, 0.15) is 27.9 Å². The van der Waals surface area contributed by atoms with Crippen molar-refractivity contribution in [1.82, 2.24) is 0 Å². The van der Waals surface area contributed by atoms with Crippen LogP contribution in [0.5, 0.6) is 11.5 Å². The summed E-state index contributed by atoms with van der Waals surface area (Å²) in [7, 11) is 3.04. The van der Waals surface area contributed by atoms with Crippen molar-refractivity contribution in [2.75, 3.05) is 14.2 Å². The van der Waals surface area contributed by atoms with Crippen LogP contribution < -0.4 is 9.47 Å².